The lowest BCUT2D eigenvalue weighted by atomic mass is 10.1. The molecule has 0 radical (unpaired) electrons. The summed E-state index contributed by atoms with van der Waals surface area (Å²) >= 11 is 7.62. The SMILES string of the molecule is Cn1cc(C(=O)Nc2cc(F)c(CC(=O)N3C[C@@H](F)CC3c3ncc(CCC(=O)O)s3)cc2Cl)c2ccccc21. The molecule has 8 nitrogen and oxygen atoms in total. The number of nitrogens with zero attached hydrogens (tertiary/aromatic N) is 3. The van der Waals surface area contributed by atoms with E-state index in [9.17, 15) is 18.8 Å². The van der Waals surface area contributed by atoms with Crippen LogP contribution in [0.2, 0.25) is 5.02 Å². The van der Waals surface area contributed by atoms with E-state index in [4.69, 9.17) is 16.7 Å². The molecule has 3 heterocycles. The summed E-state index contributed by atoms with van der Waals surface area (Å²) in [4.78, 5) is 43.4. The number of thiazole rings is 1. The van der Waals surface area contributed by atoms with Gasteiger partial charge < -0.3 is 19.9 Å². The molecule has 12 heteroatoms. The summed E-state index contributed by atoms with van der Waals surface area (Å²) in [5, 5.41) is 12.9. The van der Waals surface area contributed by atoms with Gasteiger partial charge in [0, 0.05) is 41.6 Å². The predicted molar refractivity (Wildman–Crippen MR) is 148 cm³/mol. The van der Waals surface area contributed by atoms with E-state index in [1.807, 2.05) is 35.9 Å². The number of nitrogens with one attached hydrogen (secondary N) is 1. The summed E-state index contributed by atoms with van der Waals surface area (Å²) < 4.78 is 31.3. The Morgan fingerprint density at radius 1 is 1.25 bits per heavy atom. The van der Waals surface area contributed by atoms with Gasteiger partial charge >= 0.3 is 5.97 Å². The van der Waals surface area contributed by atoms with Crippen LogP contribution in [-0.2, 0) is 29.5 Å². The van der Waals surface area contributed by atoms with Gasteiger partial charge in [0.05, 0.1) is 41.7 Å². The summed E-state index contributed by atoms with van der Waals surface area (Å²) in [5.74, 6) is -2.61. The van der Waals surface area contributed by atoms with Crippen molar-refractivity contribution < 1.29 is 28.3 Å². The zero-order valence-corrected chi connectivity index (χ0v) is 22.9. The topological polar surface area (TPSA) is 105 Å². The summed E-state index contributed by atoms with van der Waals surface area (Å²) in [6.07, 6.45) is 1.89. The number of carbonyl (C=O) groups excluding carboxylic acids is 2. The second-order valence-electron chi connectivity index (χ2n) is 9.68. The molecule has 1 unspecified atom stereocenters. The lowest BCUT2D eigenvalue weighted by Gasteiger charge is -2.23. The maximum Gasteiger partial charge on any atom is 0.303 e. The van der Waals surface area contributed by atoms with E-state index in [-0.39, 0.29) is 42.1 Å². The van der Waals surface area contributed by atoms with Gasteiger partial charge in [0.25, 0.3) is 5.91 Å². The molecule has 1 saturated heterocycles. The molecule has 0 bridgehead atoms. The zero-order valence-electron chi connectivity index (χ0n) is 21.4. The Labute approximate surface area is 237 Å². The number of carboxylic acid groups (broad SMARTS) is 1. The number of anilines is 1. The number of amides is 2. The third-order valence-corrected chi connectivity index (χ3v) is 8.35. The number of para-hydroxylation sites is 1. The summed E-state index contributed by atoms with van der Waals surface area (Å²) in [6.45, 7) is -0.151. The number of carboxylic acids is 1. The number of rotatable bonds is 8. The van der Waals surface area contributed by atoms with Gasteiger partial charge in [-0.3, -0.25) is 14.4 Å². The molecule has 1 aliphatic rings. The number of fused-ring (bicyclic) bond motifs is 1. The first kappa shape index (κ1) is 27.7. The Morgan fingerprint density at radius 2 is 2.02 bits per heavy atom. The smallest absolute Gasteiger partial charge is 0.303 e. The lowest BCUT2D eigenvalue weighted by Crippen LogP contribution is -2.32. The molecule has 1 fully saturated rings. The molecular formula is C28H25ClF2N4O4S. The molecule has 1 aliphatic heterocycles. The summed E-state index contributed by atoms with van der Waals surface area (Å²) in [5.41, 5.74) is 1.35. The number of hydrogen-bond acceptors (Lipinski definition) is 5. The van der Waals surface area contributed by atoms with E-state index >= 15 is 4.39 Å². The largest absolute Gasteiger partial charge is 0.481 e. The highest BCUT2D eigenvalue weighted by Gasteiger charge is 2.38. The highest BCUT2D eigenvalue weighted by Crippen LogP contribution is 2.37. The van der Waals surface area contributed by atoms with E-state index in [0.717, 1.165) is 21.8 Å². The van der Waals surface area contributed by atoms with Crippen molar-refractivity contribution in [2.45, 2.75) is 37.9 Å². The van der Waals surface area contributed by atoms with Crippen LogP contribution < -0.4 is 5.32 Å². The van der Waals surface area contributed by atoms with Crippen molar-refractivity contribution in [2.75, 3.05) is 11.9 Å². The number of carbonyl (C=O) groups is 3. The van der Waals surface area contributed by atoms with Gasteiger partial charge in [0.2, 0.25) is 5.91 Å². The van der Waals surface area contributed by atoms with Gasteiger partial charge in [-0.2, -0.15) is 0 Å². The highest BCUT2D eigenvalue weighted by atomic mass is 35.5. The van der Waals surface area contributed by atoms with Crippen LogP contribution in [-0.4, -0.2) is 50.1 Å². The first-order valence-corrected chi connectivity index (χ1v) is 13.7. The van der Waals surface area contributed by atoms with Crippen LogP contribution in [0.3, 0.4) is 0 Å². The minimum absolute atomic E-state index is 0.0144. The van der Waals surface area contributed by atoms with Crippen molar-refractivity contribution in [3.63, 3.8) is 0 Å². The molecule has 0 spiro atoms. The fourth-order valence-corrected chi connectivity index (χ4v) is 6.19. The van der Waals surface area contributed by atoms with Crippen molar-refractivity contribution in [2.24, 2.45) is 7.05 Å². The first-order valence-electron chi connectivity index (χ1n) is 12.5. The number of hydrogen-bond donors (Lipinski definition) is 2. The molecule has 2 atom stereocenters. The van der Waals surface area contributed by atoms with Gasteiger partial charge in [0.1, 0.15) is 17.0 Å². The fourth-order valence-electron chi connectivity index (χ4n) is 4.91. The van der Waals surface area contributed by atoms with Crippen molar-refractivity contribution in [1.82, 2.24) is 14.5 Å². The average molecular weight is 587 g/mol. The van der Waals surface area contributed by atoms with Crippen molar-refractivity contribution in [1.29, 1.82) is 0 Å². The number of alkyl halides is 1. The quantitative estimate of drug-likeness (QED) is 0.282. The summed E-state index contributed by atoms with van der Waals surface area (Å²) in [7, 11) is 1.82. The van der Waals surface area contributed by atoms with E-state index in [2.05, 4.69) is 10.3 Å². The van der Waals surface area contributed by atoms with Crippen LogP contribution in [0.5, 0.6) is 0 Å². The molecule has 4 aromatic rings. The molecule has 2 amide bonds. The fraction of sp³-hybridized carbons (Fsp3) is 0.286. The van der Waals surface area contributed by atoms with E-state index in [1.54, 1.807) is 12.4 Å². The van der Waals surface area contributed by atoms with E-state index in [0.29, 0.717) is 17.0 Å². The number of aliphatic carboxylic acids is 1. The molecule has 0 saturated carbocycles. The molecule has 0 aliphatic carbocycles. The number of aromatic nitrogens is 2. The molecule has 2 N–H and O–H groups in total. The van der Waals surface area contributed by atoms with Gasteiger partial charge in [-0.1, -0.05) is 29.8 Å². The molecule has 208 valence electrons. The number of benzene rings is 2. The number of likely N-dealkylation sites (tertiary alicyclic amines) is 1. The molecular weight excluding hydrogens is 562 g/mol. The molecule has 40 heavy (non-hydrogen) atoms. The normalized spacial score (nSPS) is 16.9. The standard InChI is InChI=1S/C28H25ClF2N4O4S/c1-34-14-19(18-4-2-3-5-23(18)34)27(39)33-22-11-21(31)15(8-20(22)29)9-25(36)35-13-16(30)10-24(35)28-32-12-17(40-28)6-7-26(37)38/h2-5,8,11-12,14,16,24H,6-7,9-10,13H2,1H3,(H,33,39)(H,37,38)/t16-,24?/m0/s1. The van der Waals surface area contributed by atoms with Crippen molar-refractivity contribution in [3.05, 3.63) is 80.6 Å². The van der Waals surface area contributed by atoms with Gasteiger partial charge in [0.15, 0.2) is 0 Å². The Morgan fingerprint density at radius 3 is 2.80 bits per heavy atom. The maximum atomic E-state index is 15.1. The first-order chi connectivity index (χ1) is 19.1. The number of aryl methyl sites for hydroxylation is 2. The maximum absolute atomic E-state index is 15.1. The Balaban J connectivity index is 1.30. The Bertz CT molecular complexity index is 1620. The molecule has 2 aromatic heterocycles. The van der Waals surface area contributed by atoms with Crippen LogP contribution in [0.15, 0.2) is 48.8 Å². The third-order valence-electron chi connectivity index (χ3n) is 6.88. The van der Waals surface area contributed by atoms with Crippen LogP contribution >= 0.6 is 22.9 Å². The monoisotopic (exact) mass is 586 g/mol. The van der Waals surface area contributed by atoms with Crippen LogP contribution in [0.1, 0.15) is 44.7 Å². The summed E-state index contributed by atoms with van der Waals surface area (Å²) in [6, 6.07) is 9.13. The van der Waals surface area contributed by atoms with Crippen LogP contribution in [0.25, 0.3) is 10.9 Å². The van der Waals surface area contributed by atoms with Gasteiger partial charge in [-0.25, -0.2) is 13.8 Å². The second kappa shape index (κ2) is 11.3. The minimum Gasteiger partial charge on any atom is -0.481 e. The minimum atomic E-state index is -1.26. The zero-order chi connectivity index (χ0) is 28.6. The van der Waals surface area contributed by atoms with Crippen molar-refractivity contribution in [3.8, 4) is 0 Å². The lowest BCUT2D eigenvalue weighted by molar-refractivity contribution is -0.137. The van der Waals surface area contributed by atoms with Crippen LogP contribution in [0.4, 0.5) is 14.5 Å². The Hall–Kier alpha value is -3.83. The van der Waals surface area contributed by atoms with Gasteiger partial charge in [-0.15, -0.1) is 11.3 Å². The average Bonchev–Trinajstić information content (AvgIpc) is 3.63. The molecule has 2 aromatic carbocycles. The highest BCUT2D eigenvalue weighted by molar-refractivity contribution is 7.11. The Kier molecular flexibility index (Phi) is 7.86. The number of halogens is 3. The van der Waals surface area contributed by atoms with Crippen molar-refractivity contribution >= 4 is 57.3 Å². The third kappa shape index (κ3) is 5.71. The van der Waals surface area contributed by atoms with Crippen LogP contribution in [0, 0.1) is 5.82 Å². The second-order valence-corrected chi connectivity index (χ2v) is 11.2. The van der Waals surface area contributed by atoms with E-state index < -0.39 is 35.8 Å². The van der Waals surface area contributed by atoms with E-state index in [1.165, 1.54) is 22.3 Å². The van der Waals surface area contributed by atoms with Gasteiger partial charge in [-0.05, 0) is 30.2 Å². The predicted octanol–water partition coefficient (Wildman–Crippen LogP) is 5.55. The molecule has 5 rings (SSSR count).